The quantitative estimate of drug-likeness (QED) is 0.798. The molecule has 1 amide bonds. The van der Waals surface area contributed by atoms with Gasteiger partial charge in [0.1, 0.15) is 5.82 Å². The molecule has 1 saturated heterocycles. The molecule has 112 valence electrons. The summed E-state index contributed by atoms with van der Waals surface area (Å²) in [6, 6.07) is 4.24. The van der Waals surface area contributed by atoms with E-state index in [1.807, 2.05) is 0 Å². The molecule has 0 bridgehead atoms. The van der Waals surface area contributed by atoms with Gasteiger partial charge in [-0.3, -0.25) is 4.79 Å². The molecule has 1 fully saturated rings. The van der Waals surface area contributed by atoms with Crippen LogP contribution in [-0.2, 0) is 0 Å². The van der Waals surface area contributed by atoms with Gasteiger partial charge in [0.2, 0.25) is 0 Å². The molecule has 3 N–H and O–H groups in total. The Kier molecular flexibility index (Phi) is 5.32. The summed E-state index contributed by atoms with van der Waals surface area (Å²) in [4.78, 5) is 14.0. The molecule has 4 nitrogen and oxygen atoms in total. The lowest BCUT2D eigenvalue weighted by Gasteiger charge is -2.32. The topological polar surface area (TPSA) is 66.6 Å². The fourth-order valence-electron chi connectivity index (χ4n) is 2.49. The van der Waals surface area contributed by atoms with Crippen LogP contribution in [0.15, 0.2) is 18.2 Å². The number of benzene rings is 1. The number of nitrogens with zero attached hydrogens (tertiary/aromatic N) is 1. The van der Waals surface area contributed by atoms with Crippen molar-refractivity contribution in [3.8, 4) is 11.8 Å². The van der Waals surface area contributed by atoms with E-state index in [1.54, 1.807) is 4.90 Å². The van der Waals surface area contributed by atoms with Crippen LogP contribution in [0.25, 0.3) is 0 Å². The monoisotopic (exact) mass is 290 g/mol. The predicted molar refractivity (Wildman–Crippen MR) is 78.0 cm³/mol. The SMILES string of the molecule is NCC#Cc1ccc(F)c(C(=O)N2CCCC(CO)C2)c1. The van der Waals surface area contributed by atoms with E-state index in [0.717, 1.165) is 12.8 Å². The minimum Gasteiger partial charge on any atom is -0.396 e. The lowest BCUT2D eigenvalue weighted by atomic mass is 9.98. The third-order valence-corrected chi connectivity index (χ3v) is 3.60. The largest absolute Gasteiger partial charge is 0.396 e. The van der Waals surface area contributed by atoms with Gasteiger partial charge in [0.05, 0.1) is 12.1 Å². The van der Waals surface area contributed by atoms with E-state index in [0.29, 0.717) is 18.7 Å². The molecule has 0 saturated carbocycles. The fourth-order valence-corrected chi connectivity index (χ4v) is 2.49. The van der Waals surface area contributed by atoms with Crippen molar-refractivity contribution in [3.63, 3.8) is 0 Å². The third-order valence-electron chi connectivity index (χ3n) is 3.60. The summed E-state index contributed by atoms with van der Waals surface area (Å²) in [6.45, 7) is 1.32. The molecule has 1 heterocycles. The van der Waals surface area contributed by atoms with Gasteiger partial charge < -0.3 is 15.7 Å². The molecule has 1 aromatic rings. The summed E-state index contributed by atoms with van der Waals surface area (Å²) in [7, 11) is 0. The summed E-state index contributed by atoms with van der Waals surface area (Å²) in [6.07, 6.45) is 1.72. The Morgan fingerprint density at radius 2 is 2.33 bits per heavy atom. The molecule has 21 heavy (non-hydrogen) atoms. The number of hydrogen-bond acceptors (Lipinski definition) is 3. The highest BCUT2D eigenvalue weighted by molar-refractivity contribution is 5.95. The number of carbonyl (C=O) groups excluding carboxylic acids is 1. The molecule has 0 radical (unpaired) electrons. The van der Waals surface area contributed by atoms with Crippen LogP contribution in [0.1, 0.15) is 28.8 Å². The maximum atomic E-state index is 13.9. The molecule has 0 aliphatic carbocycles. The van der Waals surface area contributed by atoms with Crippen LogP contribution in [0, 0.1) is 23.6 Å². The summed E-state index contributed by atoms with van der Waals surface area (Å²) in [5.41, 5.74) is 5.90. The summed E-state index contributed by atoms with van der Waals surface area (Å²) >= 11 is 0. The Labute approximate surface area is 123 Å². The smallest absolute Gasteiger partial charge is 0.256 e. The van der Waals surface area contributed by atoms with Crippen molar-refractivity contribution in [2.45, 2.75) is 12.8 Å². The number of rotatable bonds is 2. The Hall–Kier alpha value is -1.90. The Morgan fingerprint density at radius 3 is 3.05 bits per heavy atom. The maximum absolute atomic E-state index is 13.9. The number of nitrogens with two attached hydrogens (primary N) is 1. The van der Waals surface area contributed by atoms with Crippen LogP contribution in [-0.4, -0.2) is 42.2 Å². The van der Waals surface area contributed by atoms with Crippen LogP contribution < -0.4 is 5.73 Å². The van der Waals surface area contributed by atoms with E-state index in [-0.39, 0.29) is 30.5 Å². The van der Waals surface area contributed by atoms with Gasteiger partial charge in [-0.05, 0) is 37.0 Å². The number of aliphatic hydroxyl groups is 1. The lowest BCUT2D eigenvalue weighted by molar-refractivity contribution is 0.0616. The van der Waals surface area contributed by atoms with Gasteiger partial charge in [0, 0.05) is 25.3 Å². The fraction of sp³-hybridized carbons (Fsp3) is 0.438. The zero-order chi connectivity index (χ0) is 15.2. The number of aliphatic hydroxyl groups excluding tert-OH is 1. The first-order valence-electron chi connectivity index (χ1n) is 7.04. The molecule has 1 aromatic carbocycles. The van der Waals surface area contributed by atoms with E-state index in [1.165, 1.54) is 18.2 Å². The first-order chi connectivity index (χ1) is 10.2. The second kappa shape index (κ2) is 7.21. The molecule has 1 unspecified atom stereocenters. The number of amides is 1. The molecular formula is C16H19FN2O2. The Morgan fingerprint density at radius 1 is 1.52 bits per heavy atom. The van der Waals surface area contributed by atoms with E-state index in [4.69, 9.17) is 5.73 Å². The summed E-state index contributed by atoms with van der Waals surface area (Å²) in [5.74, 6) is 4.66. The Balaban J connectivity index is 2.21. The van der Waals surface area contributed by atoms with Crippen LogP contribution in [0.4, 0.5) is 4.39 Å². The van der Waals surface area contributed by atoms with Crippen molar-refractivity contribution in [2.24, 2.45) is 11.7 Å². The van der Waals surface area contributed by atoms with Gasteiger partial charge >= 0.3 is 0 Å². The first-order valence-corrected chi connectivity index (χ1v) is 7.04. The average Bonchev–Trinajstić information content (AvgIpc) is 2.53. The molecular weight excluding hydrogens is 271 g/mol. The second-order valence-corrected chi connectivity index (χ2v) is 5.14. The molecule has 5 heteroatoms. The zero-order valence-corrected chi connectivity index (χ0v) is 11.8. The van der Waals surface area contributed by atoms with E-state index in [2.05, 4.69) is 11.8 Å². The second-order valence-electron chi connectivity index (χ2n) is 5.14. The van der Waals surface area contributed by atoms with Gasteiger partial charge in [0.25, 0.3) is 5.91 Å². The van der Waals surface area contributed by atoms with Gasteiger partial charge in [-0.15, -0.1) is 0 Å². The van der Waals surface area contributed by atoms with E-state index >= 15 is 0 Å². The highest BCUT2D eigenvalue weighted by atomic mass is 19.1. The lowest BCUT2D eigenvalue weighted by Crippen LogP contribution is -2.41. The number of likely N-dealkylation sites (tertiary alicyclic amines) is 1. The summed E-state index contributed by atoms with van der Waals surface area (Å²) in [5, 5.41) is 9.21. The first kappa shape index (κ1) is 15.5. The average molecular weight is 290 g/mol. The standard InChI is InChI=1S/C16H19FN2O2/c17-15-6-5-12(3-1-7-18)9-14(15)16(21)19-8-2-4-13(10-19)11-20/h5-6,9,13,20H,2,4,7-8,10-11,18H2. The molecule has 2 rings (SSSR count). The van der Waals surface area contributed by atoms with Crippen LogP contribution in [0.5, 0.6) is 0 Å². The van der Waals surface area contributed by atoms with Crippen molar-refractivity contribution in [3.05, 3.63) is 35.1 Å². The van der Waals surface area contributed by atoms with Gasteiger partial charge in [-0.2, -0.15) is 0 Å². The van der Waals surface area contributed by atoms with Crippen molar-refractivity contribution in [2.75, 3.05) is 26.2 Å². The van der Waals surface area contributed by atoms with Crippen LogP contribution >= 0.6 is 0 Å². The number of piperidine rings is 1. The van der Waals surface area contributed by atoms with Gasteiger partial charge in [-0.1, -0.05) is 11.8 Å². The summed E-state index contributed by atoms with van der Waals surface area (Å²) < 4.78 is 13.9. The van der Waals surface area contributed by atoms with Gasteiger partial charge in [0.15, 0.2) is 0 Å². The molecule has 1 aliphatic heterocycles. The predicted octanol–water partition coefficient (Wildman–Crippen LogP) is 0.980. The minimum atomic E-state index is -0.551. The zero-order valence-electron chi connectivity index (χ0n) is 11.8. The number of carbonyl (C=O) groups is 1. The number of hydrogen-bond donors (Lipinski definition) is 2. The van der Waals surface area contributed by atoms with Crippen molar-refractivity contribution in [1.82, 2.24) is 4.90 Å². The third kappa shape index (κ3) is 3.81. The van der Waals surface area contributed by atoms with Crippen LogP contribution in [0.3, 0.4) is 0 Å². The molecule has 1 atom stereocenters. The van der Waals surface area contributed by atoms with Gasteiger partial charge in [-0.25, -0.2) is 4.39 Å². The van der Waals surface area contributed by atoms with Crippen LogP contribution in [0.2, 0.25) is 0 Å². The highest BCUT2D eigenvalue weighted by Gasteiger charge is 2.25. The molecule has 1 aliphatic rings. The molecule has 0 aromatic heterocycles. The normalized spacial score (nSPS) is 18.0. The van der Waals surface area contributed by atoms with Crippen molar-refractivity contribution < 1.29 is 14.3 Å². The Bertz CT molecular complexity index is 577. The minimum absolute atomic E-state index is 0.0254. The van der Waals surface area contributed by atoms with Crippen molar-refractivity contribution >= 4 is 5.91 Å². The van der Waals surface area contributed by atoms with E-state index in [9.17, 15) is 14.3 Å². The highest BCUT2D eigenvalue weighted by Crippen LogP contribution is 2.20. The molecule has 0 spiro atoms. The maximum Gasteiger partial charge on any atom is 0.256 e. The number of halogens is 1. The van der Waals surface area contributed by atoms with E-state index < -0.39 is 5.82 Å². The van der Waals surface area contributed by atoms with Crippen molar-refractivity contribution in [1.29, 1.82) is 0 Å².